The van der Waals surface area contributed by atoms with Gasteiger partial charge in [0.2, 0.25) is 5.91 Å². The molecule has 2 aromatic heterocycles. The normalized spacial score (nSPS) is 14.4. The summed E-state index contributed by atoms with van der Waals surface area (Å²) in [6.45, 7) is 4.89. The molecule has 128 valence electrons. The van der Waals surface area contributed by atoms with Gasteiger partial charge >= 0.3 is 0 Å². The maximum Gasteiger partial charge on any atom is 0.244 e. The average molecular weight is 346 g/mol. The van der Waals surface area contributed by atoms with Crippen LogP contribution in [0, 0.1) is 0 Å². The molecule has 1 amide bonds. The fourth-order valence-corrected chi connectivity index (χ4v) is 3.52. The maximum atomic E-state index is 12.4. The van der Waals surface area contributed by atoms with E-state index in [1.165, 1.54) is 10.4 Å². The number of thiophene rings is 1. The van der Waals surface area contributed by atoms with E-state index in [4.69, 9.17) is 4.42 Å². The van der Waals surface area contributed by atoms with E-state index in [1.807, 2.05) is 24.0 Å². The van der Waals surface area contributed by atoms with E-state index in [2.05, 4.69) is 27.1 Å². The van der Waals surface area contributed by atoms with Crippen molar-refractivity contribution in [1.82, 2.24) is 15.5 Å². The van der Waals surface area contributed by atoms with Crippen molar-refractivity contribution in [2.24, 2.45) is 4.99 Å². The number of guanidine groups is 1. The van der Waals surface area contributed by atoms with Crippen molar-refractivity contribution in [2.75, 3.05) is 19.6 Å². The van der Waals surface area contributed by atoms with Gasteiger partial charge in [0.1, 0.15) is 12.3 Å². The molecule has 0 aromatic carbocycles. The predicted molar refractivity (Wildman–Crippen MR) is 95.0 cm³/mol. The van der Waals surface area contributed by atoms with Crippen molar-refractivity contribution in [1.29, 1.82) is 0 Å². The Balaban J connectivity index is 1.54. The van der Waals surface area contributed by atoms with E-state index in [0.717, 1.165) is 25.3 Å². The zero-order valence-corrected chi connectivity index (χ0v) is 14.6. The van der Waals surface area contributed by atoms with Crippen LogP contribution in [0.4, 0.5) is 0 Å². The molecule has 0 unspecified atom stereocenters. The molecule has 7 heteroatoms. The maximum absolute atomic E-state index is 12.4. The quantitative estimate of drug-likeness (QED) is 0.642. The fourth-order valence-electron chi connectivity index (χ4n) is 2.63. The minimum Gasteiger partial charge on any atom is -0.467 e. The SMILES string of the molecule is CCNC(=NCC(=O)N1CCc2sccc2C1)NCc1ccco1. The number of fused-ring (bicyclic) bond motifs is 1. The second-order valence-corrected chi connectivity index (χ2v) is 6.56. The minimum atomic E-state index is 0.0575. The highest BCUT2D eigenvalue weighted by Crippen LogP contribution is 2.23. The summed E-state index contributed by atoms with van der Waals surface area (Å²) < 4.78 is 5.29. The van der Waals surface area contributed by atoms with Crippen LogP contribution in [0.3, 0.4) is 0 Å². The largest absolute Gasteiger partial charge is 0.467 e. The summed E-state index contributed by atoms with van der Waals surface area (Å²) in [5.74, 6) is 1.51. The third kappa shape index (κ3) is 4.17. The summed E-state index contributed by atoms with van der Waals surface area (Å²) in [6, 6.07) is 5.85. The molecule has 1 aliphatic heterocycles. The molecule has 0 saturated carbocycles. The van der Waals surface area contributed by atoms with Crippen molar-refractivity contribution in [3.63, 3.8) is 0 Å². The first-order valence-electron chi connectivity index (χ1n) is 8.14. The molecule has 6 nitrogen and oxygen atoms in total. The molecular formula is C17H22N4O2S. The van der Waals surface area contributed by atoms with E-state index in [-0.39, 0.29) is 12.5 Å². The molecule has 3 rings (SSSR count). The van der Waals surface area contributed by atoms with Gasteiger partial charge in [-0.1, -0.05) is 0 Å². The van der Waals surface area contributed by atoms with Gasteiger partial charge in [0.25, 0.3) is 0 Å². The molecule has 0 spiro atoms. The summed E-state index contributed by atoms with van der Waals surface area (Å²) in [5.41, 5.74) is 1.27. The lowest BCUT2D eigenvalue weighted by atomic mass is 10.1. The van der Waals surface area contributed by atoms with Crippen LogP contribution < -0.4 is 10.6 Å². The Morgan fingerprint density at radius 1 is 1.42 bits per heavy atom. The summed E-state index contributed by atoms with van der Waals surface area (Å²) in [5, 5.41) is 8.41. The van der Waals surface area contributed by atoms with Crippen LogP contribution in [-0.4, -0.2) is 36.4 Å². The van der Waals surface area contributed by atoms with E-state index >= 15 is 0 Å². The van der Waals surface area contributed by atoms with Crippen LogP contribution in [0.25, 0.3) is 0 Å². The monoisotopic (exact) mass is 346 g/mol. The van der Waals surface area contributed by atoms with E-state index in [0.29, 0.717) is 19.0 Å². The molecule has 0 fully saturated rings. The molecule has 2 N–H and O–H groups in total. The van der Waals surface area contributed by atoms with Crippen LogP contribution in [-0.2, 0) is 24.3 Å². The second-order valence-electron chi connectivity index (χ2n) is 5.56. The molecule has 0 saturated heterocycles. The third-order valence-corrected chi connectivity index (χ3v) is 4.91. The van der Waals surface area contributed by atoms with Crippen LogP contribution in [0.1, 0.15) is 23.1 Å². The van der Waals surface area contributed by atoms with Gasteiger partial charge < -0.3 is 20.0 Å². The van der Waals surface area contributed by atoms with Crippen molar-refractivity contribution in [2.45, 2.75) is 26.4 Å². The molecule has 1 aliphatic rings. The van der Waals surface area contributed by atoms with Crippen LogP contribution in [0.15, 0.2) is 39.3 Å². The fraction of sp³-hybridized carbons (Fsp3) is 0.412. The zero-order valence-electron chi connectivity index (χ0n) is 13.7. The van der Waals surface area contributed by atoms with Gasteiger partial charge in [-0.15, -0.1) is 11.3 Å². The minimum absolute atomic E-state index is 0.0575. The molecule has 2 aromatic rings. The van der Waals surface area contributed by atoms with Gasteiger partial charge in [-0.2, -0.15) is 0 Å². The van der Waals surface area contributed by atoms with Gasteiger partial charge in [-0.25, -0.2) is 4.99 Å². The van der Waals surface area contributed by atoms with Gasteiger partial charge in [-0.3, -0.25) is 4.79 Å². The topological polar surface area (TPSA) is 69.9 Å². The smallest absolute Gasteiger partial charge is 0.244 e. The number of carbonyl (C=O) groups is 1. The number of carbonyl (C=O) groups excluding carboxylic acids is 1. The Bertz CT molecular complexity index is 693. The lowest BCUT2D eigenvalue weighted by molar-refractivity contribution is -0.130. The highest BCUT2D eigenvalue weighted by Gasteiger charge is 2.21. The van der Waals surface area contributed by atoms with Crippen LogP contribution in [0.5, 0.6) is 0 Å². The third-order valence-electron chi connectivity index (χ3n) is 3.89. The Hall–Kier alpha value is -2.28. The summed E-state index contributed by atoms with van der Waals surface area (Å²) in [7, 11) is 0. The second kappa shape index (κ2) is 8.01. The van der Waals surface area contributed by atoms with Crippen molar-refractivity contribution in [3.05, 3.63) is 46.0 Å². The first-order chi connectivity index (χ1) is 11.8. The Morgan fingerprint density at radius 2 is 2.33 bits per heavy atom. The Kier molecular flexibility index (Phi) is 5.53. The predicted octanol–water partition coefficient (Wildman–Crippen LogP) is 1.98. The summed E-state index contributed by atoms with van der Waals surface area (Å²) >= 11 is 1.77. The molecule has 0 radical (unpaired) electrons. The van der Waals surface area contributed by atoms with Gasteiger partial charge in [-0.05, 0) is 42.5 Å². The number of amides is 1. The lowest BCUT2D eigenvalue weighted by Crippen LogP contribution is -2.40. The number of nitrogens with one attached hydrogen (secondary N) is 2. The van der Waals surface area contributed by atoms with Crippen LogP contribution in [0.2, 0.25) is 0 Å². The molecule has 24 heavy (non-hydrogen) atoms. The average Bonchev–Trinajstić information content (AvgIpc) is 3.27. The van der Waals surface area contributed by atoms with Crippen molar-refractivity contribution < 1.29 is 9.21 Å². The Labute approximate surface area is 145 Å². The Morgan fingerprint density at radius 3 is 3.12 bits per heavy atom. The van der Waals surface area contributed by atoms with E-state index < -0.39 is 0 Å². The molecule has 0 bridgehead atoms. The number of rotatable bonds is 5. The number of aliphatic imine (C=N–C) groups is 1. The van der Waals surface area contributed by atoms with Gasteiger partial charge in [0.05, 0.1) is 12.8 Å². The van der Waals surface area contributed by atoms with Crippen molar-refractivity contribution >= 4 is 23.2 Å². The summed E-state index contributed by atoms with van der Waals surface area (Å²) in [6.07, 6.45) is 2.58. The van der Waals surface area contributed by atoms with Crippen LogP contribution >= 0.6 is 11.3 Å². The number of furan rings is 1. The number of hydrogen-bond donors (Lipinski definition) is 2. The van der Waals surface area contributed by atoms with Gasteiger partial charge in [0.15, 0.2) is 5.96 Å². The standard InChI is InChI=1S/C17H22N4O2S/c1-2-18-17(19-10-14-4-3-8-23-14)20-11-16(22)21-7-5-15-13(12-21)6-9-24-15/h3-4,6,8-9H,2,5,7,10-12H2,1H3,(H2,18,19,20). The molecule has 3 heterocycles. The molecular weight excluding hydrogens is 324 g/mol. The highest BCUT2D eigenvalue weighted by molar-refractivity contribution is 7.10. The van der Waals surface area contributed by atoms with Gasteiger partial charge in [0, 0.05) is 24.5 Å². The zero-order chi connectivity index (χ0) is 16.8. The van der Waals surface area contributed by atoms with Crippen molar-refractivity contribution in [3.8, 4) is 0 Å². The molecule has 0 aliphatic carbocycles. The van der Waals surface area contributed by atoms with E-state index in [1.54, 1.807) is 17.6 Å². The highest BCUT2D eigenvalue weighted by atomic mass is 32.1. The van der Waals surface area contributed by atoms with E-state index in [9.17, 15) is 4.79 Å². The first kappa shape index (κ1) is 16.6. The number of nitrogens with zero attached hydrogens (tertiary/aromatic N) is 2. The number of hydrogen-bond acceptors (Lipinski definition) is 4. The summed E-state index contributed by atoms with van der Waals surface area (Å²) in [4.78, 5) is 20.1. The first-order valence-corrected chi connectivity index (χ1v) is 9.02. The molecule has 0 atom stereocenters. The lowest BCUT2D eigenvalue weighted by Gasteiger charge is -2.26.